The highest BCUT2D eigenvalue weighted by atomic mass is 16.5. The van der Waals surface area contributed by atoms with Gasteiger partial charge in [0.2, 0.25) is 11.5 Å². The zero-order valence-electron chi connectivity index (χ0n) is 94.1. The highest BCUT2D eigenvalue weighted by molar-refractivity contribution is 6.00. The second-order valence-electron chi connectivity index (χ2n) is 48.0. The molecule has 0 amide bonds. The monoisotopic (exact) mass is 1870 g/mol. The van der Waals surface area contributed by atoms with Gasteiger partial charge in [-0.1, -0.05) is 374 Å². The zero-order chi connectivity index (χ0) is 105. The number of H-pyrrole nitrogens is 5. The van der Waals surface area contributed by atoms with E-state index in [-0.39, 0.29) is 65.7 Å². The van der Waals surface area contributed by atoms with Gasteiger partial charge in [0.25, 0.3) is 0 Å². The lowest BCUT2D eigenvalue weighted by Gasteiger charge is -2.26. The molecule has 136 heavy (non-hydrogen) atoms. The minimum Gasteiger partial charge on any atom is -0.376 e. The van der Waals surface area contributed by atoms with E-state index in [2.05, 4.69) is 397 Å². The normalized spacial score (nSPS) is 12.8. The Morgan fingerprint density at radius 3 is 1.21 bits per heavy atom. The molecule has 0 saturated carbocycles. The molecule has 10 heterocycles. The van der Waals surface area contributed by atoms with Gasteiger partial charge in [-0.05, 0) is 177 Å². The van der Waals surface area contributed by atoms with E-state index in [0.29, 0.717) is 27.8 Å². The number of likely N-dealkylation sites (N-methyl/N-ethyl adjacent to an activating group) is 1. The van der Waals surface area contributed by atoms with E-state index in [1.807, 2.05) is 176 Å². The van der Waals surface area contributed by atoms with Gasteiger partial charge in [-0.15, -0.1) is 15.3 Å². The Bertz CT molecular complexity index is 4940. The molecule has 0 radical (unpaired) electrons. The molecule has 0 atom stereocenters. The Kier molecular flexibility index (Phi) is 51.3. The predicted molar refractivity (Wildman–Crippen MR) is 577 cm³/mol. The van der Waals surface area contributed by atoms with E-state index in [1.54, 1.807) is 17.8 Å². The van der Waals surface area contributed by atoms with Crippen LogP contribution < -0.4 is 0 Å². The van der Waals surface area contributed by atoms with Crippen LogP contribution in [-0.4, -0.2) is 111 Å². The summed E-state index contributed by atoms with van der Waals surface area (Å²) in [7, 11) is 5.72. The number of hydrogen-bond donors (Lipinski definition) is 5. The van der Waals surface area contributed by atoms with Crippen molar-refractivity contribution in [3.8, 4) is 0 Å². The number of pyridine rings is 1. The summed E-state index contributed by atoms with van der Waals surface area (Å²) >= 11 is 0. The number of hydrogen-bond acceptors (Lipinski definition) is 13. The fourth-order valence-electron chi connectivity index (χ4n) is 12.3. The number of nitrogens with zero attached hydrogens (tertiary/aromatic N) is 11. The first kappa shape index (κ1) is 125. The molecule has 11 aromatic rings. The van der Waals surface area contributed by atoms with Crippen LogP contribution in [0.4, 0.5) is 0 Å². The Morgan fingerprint density at radius 2 is 0.941 bits per heavy atom. The number of aromatic nitrogens is 15. The number of Topliss-reactive ketones (excluding diaryl/α,β-unsaturated/α-hetero) is 3. The van der Waals surface area contributed by atoms with Gasteiger partial charge < -0.3 is 34.3 Å². The topological polar surface area (TPSA) is 260 Å². The van der Waals surface area contributed by atoms with Crippen LogP contribution in [0.3, 0.4) is 0 Å². The standard InChI is InChI=1S/C11H18O.C11H14O.C10H17N.C10H15N.C10H14.2C9H15N.C8H11NO2.3C8H13N.2C6H12N4.C2H6/c2*1-11(2,3)10(12)9-7-5-4-6-8-9;1-10(2,3)9-6-5-7-11(4)8-9;1-8-6-5-7-9(11-8)10(2,3)4;1-10(2,3)9-7-5-4-6-8-9;1-7-5-8(10-6-7)9(2,3)4;1-7-8(5-6-10-7)9(2,3)4;1-8(2,3)7(10)6-4-5-9-11-6;2*1-8(2,3)7-4-5-9-6-7;1-8(2,3)7-5-4-6-9-7;1-6(2,3)5-7-8-9-10(5)4;1-6(2,3)5-7-9-10(4)8-5;1-2/h7H,4-6,8H2,1-3H3;4-8H,1-3H3;5-6,8H,7H2,1-4H3;5-7H,1-4H3;4-8H,1-3H3;2*5-6,10H,1-4H3;4-5H,1-3H3;3*4-6,9H,1-3H3;2*1-4H3;1-2H3. The summed E-state index contributed by atoms with van der Waals surface area (Å²) in [5.41, 5.74) is 17.6. The maximum Gasteiger partial charge on any atom is 0.206 e. The average molecular weight is 1870 g/mol. The average Bonchev–Trinajstić information content (AvgIpc) is 1.83. The van der Waals surface area contributed by atoms with E-state index in [4.69, 9.17) is 4.52 Å². The molecule has 20 nitrogen and oxygen atoms in total. The largest absolute Gasteiger partial charge is 0.376 e. The van der Waals surface area contributed by atoms with Crippen molar-refractivity contribution in [1.82, 2.24) is 80.4 Å². The zero-order valence-corrected chi connectivity index (χ0v) is 94.1. The number of aryl methyl sites for hydroxylation is 5. The van der Waals surface area contributed by atoms with Gasteiger partial charge in [-0.3, -0.25) is 19.4 Å². The van der Waals surface area contributed by atoms with Crippen molar-refractivity contribution in [3.05, 3.63) is 286 Å². The predicted octanol–water partition coefficient (Wildman–Crippen LogP) is 30.2. The van der Waals surface area contributed by atoms with Gasteiger partial charge in [-0.2, -0.15) is 4.80 Å². The lowest BCUT2D eigenvalue weighted by molar-refractivity contribution is -0.122. The Labute approximate surface area is 825 Å². The number of rotatable bonds is 3. The molecule has 2 aromatic carbocycles. The molecule has 9 aromatic heterocycles. The highest BCUT2D eigenvalue weighted by Crippen LogP contribution is 2.32. The van der Waals surface area contributed by atoms with Crippen LogP contribution in [0.5, 0.6) is 0 Å². The van der Waals surface area contributed by atoms with Crippen LogP contribution in [0.1, 0.15) is 398 Å². The molecule has 13 rings (SSSR count). The molecule has 756 valence electrons. The molecule has 0 saturated heterocycles. The molecule has 1 aliphatic carbocycles. The van der Waals surface area contributed by atoms with Crippen LogP contribution >= 0.6 is 0 Å². The van der Waals surface area contributed by atoms with Crippen molar-refractivity contribution in [3.63, 3.8) is 0 Å². The molecule has 0 unspecified atom stereocenters. The summed E-state index contributed by atoms with van der Waals surface area (Å²) < 4.78 is 6.42. The van der Waals surface area contributed by atoms with Crippen molar-refractivity contribution in [2.45, 2.75) is 379 Å². The molecule has 5 N–H and O–H groups in total. The van der Waals surface area contributed by atoms with Crippen LogP contribution in [0.2, 0.25) is 0 Å². The number of benzene rings is 2. The maximum atomic E-state index is 11.8. The fraction of sp³-hybridized carbons (Fsp3) is 0.560. The molecular weight excluding hydrogens is 1680 g/mol. The van der Waals surface area contributed by atoms with Crippen molar-refractivity contribution < 1.29 is 18.9 Å². The number of carbonyl (C=O) groups excluding carboxylic acids is 3. The number of tetrazole rings is 2. The Morgan fingerprint density at radius 1 is 0.426 bits per heavy atom. The molecule has 0 bridgehead atoms. The summed E-state index contributed by atoms with van der Waals surface area (Å²) in [6.07, 6.45) is 28.8. The molecular formula is C116H188N16O4. The van der Waals surface area contributed by atoms with Gasteiger partial charge in [0.1, 0.15) is 0 Å². The van der Waals surface area contributed by atoms with Crippen LogP contribution in [0, 0.1) is 42.4 Å². The minimum atomic E-state index is -0.389. The summed E-state index contributed by atoms with van der Waals surface area (Å²) in [4.78, 5) is 58.6. The number of carbonyl (C=O) groups is 3. The van der Waals surface area contributed by atoms with Gasteiger partial charge in [-0.25, -0.2) is 4.68 Å². The molecule has 2 aliphatic rings. The molecule has 1 aliphatic heterocycles. The Hall–Kier alpha value is -10.6. The first-order valence-electron chi connectivity index (χ1n) is 48.6. The van der Waals surface area contributed by atoms with Crippen molar-refractivity contribution >= 4 is 17.3 Å². The van der Waals surface area contributed by atoms with Crippen LogP contribution in [0.15, 0.2) is 211 Å². The number of nitrogens with one attached hydrogen (secondary N) is 5. The smallest absolute Gasteiger partial charge is 0.206 e. The number of allylic oxidation sites excluding steroid dienone is 4. The minimum absolute atomic E-state index is 0.00819. The number of aromatic amines is 5. The summed E-state index contributed by atoms with van der Waals surface area (Å²) in [6, 6.07) is 40.4. The van der Waals surface area contributed by atoms with E-state index < -0.39 is 0 Å². The first-order valence-corrected chi connectivity index (χ1v) is 48.6. The van der Waals surface area contributed by atoms with Crippen molar-refractivity contribution in [2.75, 3.05) is 13.6 Å². The van der Waals surface area contributed by atoms with E-state index in [1.165, 1.54) is 74.3 Å². The summed E-state index contributed by atoms with van der Waals surface area (Å²) in [6.45, 7) is 94.0. The van der Waals surface area contributed by atoms with Crippen molar-refractivity contribution in [2.24, 2.45) is 35.8 Å². The quantitative estimate of drug-likeness (QED) is 0.103. The molecule has 20 heteroatoms. The van der Waals surface area contributed by atoms with E-state index in [9.17, 15) is 14.4 Å². The van der Waals surface area contributed by atoms with Gasteiger partial charge in [0, 0.05) is 154 Å². The summed E-state index contributed by atoms with van der Waals surface area (Å²) in [5.74, 6) is 2.54. The van der Waals surface area contributed by atoms with Gasteiger partial charge >= 0.3 is 0 Å². The third-order valence-electron chi connectivity index (χ3n) is 20.7. The first-order chi connectivity index (χ1) is 62.0. The lowest BCUT2D eigenvalue weighted by Crippen LogP contribution is -2.22. The van der Waals surface area contributed by atoms with E-state index in [0.717, 1.165) is 53.6 Å². The van der Waals surface area contributed by atoms with Crippen LogP contribution in [0.25, 0.3) is 0 Å². The number of ketones is 3. The van der Waals surface area contributed by atoms with Crippen molar-refractivity contribution in [1.29, 1.82) is 0 Å². The SMILES string of the molecule is CC.CC(C)(C)C(=O)C1=CCCCC1.CC(C)(C)C(=O)c1ccccc1.CC(C)(C)C(=O)c1ccno1.CC(C)(C)c1cc[nH]c1.CC(C)(C)c1cc[nH]c1.CC(C)(C)c1ccc[nH]1.CC(C)(C)c1ccccc1.CN1C=C(C(C)(C)C)C=CC1.Cc1[nH]ccc1C(C)(C)C.Cc1c[nH]c(C(C)(C)C)c1.Cc1cccc(C(C)(C)C)n1.Cn1nnc(C(C)(C)C)n1.Cn1nnnc1C(C)(C)C. The summed E-state index contributed by atoms with van der Waals surface area (Å²) in [5, 5.41) is 26.3. The fourth-order valence-corrected chi connectivity index (χ4v) is 12.3. The van der Waals surface area contributed by atoms with Gasteiger partial charge in [0.15, 0.2) is 23.2 Å². The second kappa shape index (κ2) is 55.7. The molecule has 0 fully saturated rings. The van der Waals surface area contributed by atoms with E-state index >= 15 is 0 Å². The Balaban J connectivity index is 0.00000145. The second-order valence-corrected chi connectivity index (χ2v) is 48.0. The molecule has 0 spiro atoms. The van der Waals surface area contributed by atoms with Crippen LogP contribution in [-0.2, 0) is 67.6 Å². The van der Waals surface area contributed by atoms with Gasteiger partial charge in [0.05, 0.1) is 13.2 Å². The third kappa shape index (κ3) is 51.5. The third-order valence-corrected chi connectivity index (χ3v) is 20.7. The maximum absolute atomic E-state index is 11.8. The highest BCUT2D eigenvalue weighted by Gasteiger charge is 2.29. The lowest BCUT2D eigenvalue weighted by atomic mass is 9.82.